The Bertz CT molecular complexity index is 642. The quantitative estimate of drug-likeness (QED) is 0.891. The molecular weight excluding hydrogens is 252 g/mol. The van der Waals surface area contributed by atoms with Gasteiger partial charge in [0, 0.05) is 11.3 Å². The fourth-order valence-electron chi connectivity index (χ4n) is 1.86. The Morgan fingerprint density at radius 3 is 2.50 bits per heavy atom. The van der Waals surface area contributed by atoms with Crippen molar-refractivity contribution in [2.45, 2.75) is 13.0 Å². The van der Waals surface area contributed by atoms with E-state index in [1.54, 1.807) is 42.5 Å². The summed E-state index contributed by atoms with van der Waals surface area (Å²) in [6.45, 7) is -0.118. The predicted molar refractivity (Wildman–Crippen MR) is 75.9 cm³/mol. The van der Waals surface area contributed by atoms with E-state index in [1.165, 1.54) is 0 Å². The average Bonchev–Trinajstić information content (AvgIpc) is 2.48. The number of benzene rings is 2. The monoisotopic (exact) mass is 266 g/mol. The molecule has 100 valence electrons. The number of nitriles is 1. The summed E-state index contributed by atoms with van der Waals surface area (Å²) in [5.74, 6) is -0.157. The van der Waals surface area contributed by atoms with Crippen LogP contribution in [0.5, 0.6) is 0 Å². The summed E-state index contributed by atoms with van der Waals surface area (Å²) in [6, 6.07) is 16.0. The number of rotatable bonds is 4. The van der Waals surface area contributed by atoms with Gasteiger partial charge in [0.25, 0.3) is 0 Å². The van der Waals surface area contributed by atoms with Crippen molar-refractivity contribution in [2.75, 3.05) is 5.32 Å². The number of hydrogen-bond acceptors (Lipinski definition) is 3. The third-order valence-electron chi connectivity index (χ3n) is 2.91. The van der Waals surface area contributed by atoms with Gasteiger partial charge in [0.05, 0.1) is 24.7 Å². The molecule has 0 aromatic heterocycles. The minimum Gasteiger partial charge on any atom is -0.392 e. The molecule has 0 saturated heterocycles. The number of hydrogen-bond donors (Lipinski definition) is 2. The number of carbonyl (C=O) groups is 1. The maximum atomic E-state index is 11.9. The van der Waals surface area contributed by atoms with Crippen LogP contribution in [0.4, 0.5) is 5.69 Å². The minimum absolute atomic E-state index is 0.118. The molecule has 2 rings (SSSR count). The van der Waals surface area contributed by atoms with Gasteiger partial charge in [0.2, 0.25) is 5.91 Å². The molecule has 2 N–H and O–H groups in total. The van der Waals surface area contributed by atoms with E-state index < -0.39 is 0 Å². The van der Waals surface area contributed by atoms with Gasteiger partial charge in [-0.05, 0) is 23.8 Å². The number of nitrogens with zero attached hydrogens (tertiary/aromatic N) is 1. The summed E-state index contributed by atoms with van der Waals surface area (Å²) < 4.78 is 0. The van der Waals surface area contributed by atoms with Crippen LogP contribution in [0.2, 0.25) is 0 Å². The smallest absolute Gasteiger partial charge is 0.228 e. The summed E-state index contributed by atoms with van der Waals surface area (Å²) >= 11 is 0. The second kappa shape index (κ2) is 6.50. The summed E-state index contributed by atoms with van der Waals surface area (Å²) in [7, 11) is 0. The highest BCUT2D eigenvalue weighted by molar-refractivity contribution is 5.92. The van der Waals surface area contributed by atoms with Crippen molar-refractivity contribution in [3.63, 3.8) is 0 Å². The maximum Gasteiger partial charge on any atom is 0.228 e. The first-order valence-electron chi connectivity index (χ1n) is 6.20. The molecule has 1 amide bonds. The van der Waals surface area contributed by atoms with Crippen molar-refractivity contribution in [3.8, 4) is 6.07 Å². The van der Waals surface area contributed by atoms with Crippen molar-refractivity contribution in [2.24, 2.45) is 0 Å². The second-order valence-electron chi connectivity index (χ2n) is 4.35. The van der Waals surface area contributed by atoms with Gasteiger partial charge in [0.15, 0.2) is 0 Å². The summed E-state index contributed by atoms with van der Waals surface area (Å²) in [5, 5.41) is 20.7. The van der Waals surface area contributed by atoms with Crippen LogP contribution in [0.3, 0.4) is 0 Å². The molecule has 2 aromatic carbocycles. The Balaban J connectivity index is 2.03. The van der Waals surface area contributed by atoms with E-state index in [0.29, 0.717) is 16.8 Å². The van der Waals surface area contributed by atoms with Gasteiger partial charge in [-0.2, -0.15) is 5.26 Å². The lowest BCUT2D eigenvalue weighted by Gasteiger charge is -2.09. The summed E-state index contributed by atoms with van der Waals surface area (Å²) in [6.07, 6.45) is 0.228. The first-order chi connectivity index (χ1) is 9.72. The van der Waals surface area contributed by atoms with Gasteiger partial charge in [-0.3, -0.25) is 4.79 Å². The largest absolute Gasteiger partial charge is 0.392 e. The van der Waals surface area contributed by atoms with Gasteiger partial charge >= 0.3 is 0 Å². The van der Waals surface area contributed by atoms with E-state index in [-0.39, 0.29) is 18.9 Å². The van der Waals surface area contributed by atoms with Crippen LogP contribution in [0.25, 0.3) is 0 Å². The fourth-order valence-corrected chi connectivity index (χ4v) is 1.86. The van der Waals surface area contributed by atoms with Crippen molar-refractivity contribution in [3.05, 3.63) is 65.2 Å². The first-order valence-corrected chi connectivity index (χ1v) is 6.20. The van der Waals surface area contributed by atoms with Gasteiger partial charge in [0.1, 0.15) is 0 Å². The van der Waals surface area contributed by atoms with Gasteiger partial charge in [-0.15, -0.1) is 0 Å². The van der Waals surface area contributed by atoms with E-state index in [0.717, 1.165) is 5.56 Å². The number of nitrogens with one attached hydrogen (secondary N) is 1. The Hall–Kier alpha value is -2.64. The predicted octanol–water partition coefficient (Wildman–Crippen LogP) is 2.23. The number of amides is 1. The zero-order valence-corrected chi connectivity index (χ0v) is 10.8. The molecule has 0 aliphatic carbocycles. The van der Waals surface area contributed by atoms with Gasteiger partial charge in [-0.1, -0.05) is 30.3 Å². The number of aliphatic hydroxyl groups is 1. The Labute approximate surface area is 117 Å². The van der Waals surface area contributed by atoms with Crippen LogP contribution in [0, 0.1) is 11.3 Å². The Morgan fingerprint density at radius 1 is 1.15 bits per heavy atom. The zero-order chi connectivity index (χ0) is 14.4. The topological polar surface area (TPSA) is 73.1 Å². The molecular formula is C16H14N2O2. The van der Waals surface area contributed by atoms with Crippen LogP contribution in [0.1, 0.15) is 16.7 Å². The van der Waals surface area contributed by atoms with Gasteiger partial charge < -0.3 is 10.4 Å². The van der Waals surface area contributed by atoms with E-state index in [9.17, 15) is 9.90 Å². The van der Waals surface area contributed by atoms with Crippen molar-refractivity contribution in [1.29, 1.82) is 5.26 Å². The fraction of sp³-hybridized carbons (Fsp3) is 0.125. The van der Waals surface area contributed by atoms with E-state index in [4.69, 9.17) is 5.26 Å². The molecule has 0 aliphatic heterocycles. The SMILES string of the molecule is N#Cc1ccc(CC(=O)Nc2ccccc2CO)cc1. The van der Waals surface area contributed by atoms with Crippen molar-refractivity contribution >= 4 is 11.6 Å². The number of aliphatic hydroxyl groups excluding tert-OH is 1. The third-order valence-corrected chi connectivity index (χ3v) is 2.91. The standard InChI is InChI=1S/C16H14N2O2/c17-10-13-7-5-12(6-8-13)9-16(20)18-15-4-2-1-3-14(15)11-19/h1-8,19H,9,11H2,(H,18,20). The highest BCUT2D eigenvalue weighted by Gasteiger charge is 2.07. The summed E-state index contributed by atoms with van der Waals surface area (Å²) in [4.78, 5) is 11.9. The molecule has 4 heteroatoms. The molecule has 2 aromatic rings. The van der Waals surface area contributed by atoms with Crippen molar-refractivity contribution in [1.82, 2.24) is 0 Å². The van der Waals surface area contributed by atoms with E-state index in [1.807, 2.05) is 12.1 Å². The highest BCUT2D eigenvalue weighted by atomic mass is 16.3. The molecule has 0 unspecified atom stereocenters. The van der Waals surface area contributed by atoms with E-state index in [2.05, 4.69) is 5.32 Å². The maximum absolute atomic E-state index is 11.9. The molecule has 20 heavy (non-hydrogen) atoms. The number of carbonyl (C=O) groups excluding carboxylic acids is 1. The number of anilines is 1. The van der Waals surface area contributed by atoms with E-state index >= 15 is 0 Å². The molecule has 0 radical (unpaired) electrons. The second-order valence-corrected chi connectivity index (χ2v) is 4.35. The zero-order valence-electron chi connectivity index (χ0n) is 10.8. The average molecular weight is 266 g/mol. The lowest BCUT2D eigenvalue weighted by atomic mass is 10.1. The molecule has 0 heterocycles. The summed E-state index contributed by atoms with van der Waals surface area (Å²) in [5.41, 5.74) is 2.71. The molecule has 0 saturated carbocycles. The van der Waals surface area contributed by atoms with Gasteiger partial charge in [-0.25, -0.2) is 0 Å². The molecule has 0 spiro atoms. The van der Waals surface area contributed by atoms with Crippen LogP contribution < -0.4 is 5.32 Å². The minimum atomic E-state index is -0.157. The Morgan fingerprint density at radius 2 is 1.85 bits per heavy atom. The van der Waals surface area contributed by atoms with Crippen LogP contribution >= 0.6 is 0 Å². The van der Waals surface area contributed by atoms with Crippen LogP contribution in [-0.4, -0.2) is 11.0 Å². The molecule has 0 aliphatic rings. The normalized spacial score (nSPS) is 9.80. The molecule has 0 bridgehead atoms. The third kappa shape index (κ3) is 3.44. The highest BCUT2D eigenvalue weighted by Crippen LogP contribution is 2.15. The lowest BCUT2D eigenvalue weighted by molar-refractivity contribution is -0.115. The lowest BCUT2D eigenvalue weighted by Crippen LogP contribution is -2.15. The molecule has 4 nitrogen and oxygen atoms in total. The first kappa shape index (κ1) is 13.8. The van der Waals surface area contributed by atoms with Crippen molar-refractivity contribution < 1.29 is 9.90 Å². The molecule has 0 atom stereocenters. The Kier molecular flexibility index (Phi) is 4.48. The number of para-hydroxylation sites is 1. The van der Waals surface area contributed by atoms with Crippen LogP contribution in [0.15, 0.2) is 48.5 Å². The van der Waals surface area contributed by atoms with Crippen LogP contribution in [-0.2, 0) is 17.8 Å². The molecule has 0 fully saturated rings.